The topological polar surface area (TPSA) is 54.0 Å². The number of aromatic nitrogens is 1. The van der Waals surface area contributed by atoms with Crippen molar-refractivity contribution >= 4 is 29.0 Å². The Bertz CT molecular complexity index is 645. The molecule has 5 heteroatoms. The van der Waals surface area contributed by atoms with Crippen LogP contribution >= 0.6 is 11.6 Å². The molecule has 2 rings (SSSR count). The molecule has 4 nitrogen and oxygen atoms in total. The molecule has 0 saturated heterocycles. The van der Waals surface area contributed by atoms with Gasteiger partial charge in [-0.1, -0.05) is 44.5 Å². The number of nitrogens with one attached hydrogen (secondary N) is 2. The average molecular weight is 332 g/mol. The predicted octanol–water partition coefficient (Wildman–Crippen LogP) is 4.37. The lowest BCUT2D eigenvalue weighted by Crippen LogP contribution is -2.27. The summed E-state index contributed by atoms with van der Waals surface area (Å²) in [6.45, 7) is 6.41. The molecule has 0 spiro atoms. The van der Waals surface area contributed by atoms with Gasteiger partial charge >= 0.3 is 0 Å². The fourth-order valence-electron chi connectivity index (χ4n) is 1.88. The molecular formula is C18H22ClN3O. The summed E-state index contributed by atoms with van der Waals surface area (Å²) < 4.78 is 0. The zero-order valence-corrected chi connectivity index (χ0v) is 14.4. The van der Waals surface area contributed by atoms with Crippen LogP contribution in [0.25, 0.3) is 0 Å². The molecule has 1 aromatic heterocycles. The molecule has 2 aromatic rings. The second kappa shape index (κ2) is 7.47. The van der Waals surface area contributed by atoms with E-state index in [2.05, 4.69) is 15.6 Å². The third kappa shape index (κ3) is 5.57. The second-order valence-corrected chi connectivity index (χ2v) is 6.88. The molecule has 0 fully saturated rings. The normalized spacial score (nSPS) is 11.1. The van der Waals surface area contributed by atoms with Crippen molar-refractivity contribution in [3.8, 4) is 0 Å². The molecule has 0 bridgehead atoms. The van der Waals surface area contributed by atoms with Gasteiger partial charge in [0.1, 0.15) is 5.82 Å². The van der Waals surface area contributed by atoms with Crippen LogP contribution in [0.3, 0.4) is 0 Å². The van der Waals surface area contributed by atoms with Gasteiger partial charge in [-0.2, -0.15) is 0 Å². The number of benzene rings is 1. The van der Waals surface area contributed by atoms with E-state index in [1.54, 1.807) is 6.20 Å². The Morgan fingerprint density at radius 2 is 1.83 bits per heavy atom. The summed E-state index contributed by atoms with van der Waals surface area (Å²) in [7, 11) is 0. The number of pyridine rings is 1. The van der Waals surface area contributed by atoms with Gasteiger partial charge in [-0.05, 0) is 36.2 Å². The lowest BCUT2D eigenvalue weighted by molar-refractivity contribution is -0.123. The highest BCUT2D eigenvalue weighted by Gasteiger charge is 2.21. The van der Waals surface area contributed by atoms with E-state index in [4.69, 9.17) is 11.6 Å². The average Bonchev–Trinajstić information content (AvgIpc) is 2.50. The van der Waals surface area contributed by atoms with Gasteiger partial charge in [-0.3, -0.25) is 4.79 Å². The van der Waals surface area contributed by atoms with Crippen LogP contribution in [0.15, 0.2) is 42.6 Å². The molecular weight excluding hydrogens is 310 g/mol. The Morgan fingerprint density at radius 1 is 1.13 bits per heavy atom. The first-order valence-electron chi connectivity index (χ1n) is 7.60. The smallest absolute Gasteiger partial charge is 0.229 e. The van der Waals surface area contributed by atoms with Crippen LogP contribution in [0.1, 0.15) is 26.3 Å². The Balaban J connectivity index is 1.83. The van der Waals surface area contributed by atoms with Gasteiger partial charge in [0.15, 0.2) is 0 Å². The Labute approximate surface area is 142 Å². The van der Waals surface area contributed by atoms with Crippen molar-refractivity contribution in [2.45, 2.75) is 27.2 Å². The number of amides is 1. The largest absolute Gasteiger partial charge is 0.370 e. The summed E-state index contributed by atoms with van der Waals surface area (Å²) in [6.07, 6.45) is 2.55. The van der Waals surface area contributed by atoms with Crippen molar-refractivity contribution in [1.82, 2.24) is 4.98 Å². The maximum absolute atomic E-state index is 11.9. The van der Waals surface area contributed by atoms with Crippen molar-refractivity contribution in [3.05, 3.63) is 53.2 Å². The number of rotatable bonds is 5. The van der Waals surface area contributed by atoms with Crippen molar-refractivity contribution in [3.63, 3.8) is 0 Å². The predicted molar refractivity (Wildman–Crippen MR) is 96.0 cm³/mol. The van der Waals surface area contributed by atoms with E-state index >= 15 is 0 Å². The molecule has 122 valence electrons. The number of halogens is 1. The van der Waals surface area contributed by atoms with Crippen LogP contribution in [0.5, 0.6) is 0 Å². The maximum atomic E-state index is 11.9. The Hall–Kier alpha value is -2.07. The molecule has 0 saturated carbocycles. The molecule has 0 unspecified atom stereocenters. The van der Waals surface area contributed by atoms with Gasteiger partial charge in [0.2, 0.25) is 5.91 Å². The maximum Gasteiger partial charge on any atom is 0.229 e. The van der Waals surface area contributed by atoms with Gasteiger partial charge in [-0.15, -0.1) is 0 Å². The summed E-state index contributed by atoms with van der Waals surface area (Å²) in [5.74, 6) is 0.760. The van der Waals surface area contributed by atoms with E-state index in [1.165, 1.54) is 5.56 Å². The van der Waals surface area contributed by atoms with E-state index in [0.717, 1.165) is 23.8 Å². The van der Waals surface area contributed by atoms with Crippen LogP contribution in [0.4, 0.5) is 11.5 Å². The van der Waals surface area contributed by atoms with Gasteiger partial charge in [0, 0.05) is 17.0 Å². The molecule has 1 aromatic carbocycles. The SMILES string of the molecule is CC(C)(C)C(=O)Nc1ccc(NCCc2ccc(Cl)cc2)nc1. The van der Waals surface area contributed by atoms with Gasteiger partial charge in [0.25, 0.3) is 0 Å². The molecule has 2 N–H and O–H groups in total. The van der Waals surface area contributed by atoms with Crippen molar-refractivity contribution in [2.75, 3.05) is 17.2 Å². The lowest BCUT2D eigenvalue weighted by Gasteiger charge is -2.17. The van der Waals surface area contributed by atoms with Crippen molar-refractivity contribution in [2.24, 2.45) is 5.41 Å². The summed E-state index contributed by atoms with van der Waals surface area (Å²) in [4.78, 5) is 16.2. The van der Waals surface area contributed by atoms with Gasteiger partial charge in [0.05, 0.1) is 11.9 Å². The highest BCUT2D eigenvalue weighted by molar-refractivity contribution is 6.30. The summed E-state index contributed by atoms with van der Waals surface area (Å²) >= 11 is 5.86. The third-order valence-corrected chi connectivity index (χ3v) is 3.59. The summed E-state index contributed by atoms with van der Waals surface area (Å²) in [5, 5.41) is 6.86. The summed E-state index contributed by atoms with van der Waals surface area (Å²) in [5.41, 5.74) is 1.50. The molecule has 1 heterocycles. The highest BCUT2D eigenvalue weighted by atomic mass is 35.5. The van der Waals surface area contributed by atoms with Crippen molar-refractivity contribution in [1.29, 1.82) is 0 Å². The minimum atomic E-state index is -0.421. The first kappa shape index (κ1) is 17.3. The number of carbonyl (C=O) groups is 1. The van der Waals surface area contributed by atoms with Crippen LogP contribution < -0.4 is 10.6 Å². The molecule has 23 heavy (non-hydrogen) atoms. The Morgan fingerprint density at radius 3 is 2.39 bits per heavy atom. The fraction of sp³-hybridized carbons (Fsp3) is 0.333. The molecule has 0 aliphatic rings. The second-order valence-electron chi connectivity index (χ2n) is 6.44. The molecule has 0 aliphatic carbocycles. The zero-order chi connectivity index (χ0) is 16.9. The fourth-order valence-corrected chi connectivity index (χ4v) is 2.00. The molecule has 0 aliphatic heterocycles. The van der Waals surface area contributed by atoms with E-state index in [9.17, 15) is 4.79 Å². The summed E-state index contributed by atoms with van der Waals surface area (Å²) in [6, 6.07) is 11.5. The van der Waals surface area contributed by atoms with E-state index in [1.807, 2.05) is 57.2 Å². The highest BCUT2D eigenvalue weighted by Crippen LogP contribution is 2.17. The number of nitrogens with zero attached hydrogens (tertiary/aromatic N) is 1. The number of hydrogen-bond acceptors (Lipinski definition) is 3. The quantitative estimate of drug-likeness (QED) is 0.855. The van der Waals surface area contributed by atoms with Gasteiger partial charge < -0.3 is 10.6 Å². The van der Waals surface area contributed by atoms with Crippen LogP contribution in [-0.4, -0.2) is 17.4 Å². The third-order valence-electron chi connectivity index (χ3n) is 3.34. The van der Waals surface area contributed by atoms with Crippen LogP contribution in [0, 0.1) is 5.41 Å². The zero-order valence-electron chi connectivity index (χ0n) is 13.7. The number of hydrogen-bond donors (Lipinski definition) is 2. The van der Waals surface area contributed by atoms with Gasteiger partial charge in [-0.25, -0.2) is 4.98 Å². The van der Waals surface area contributed by atoms with E-state index in [0.29, 0.717) is 5.69 Å². The Kier molecular flexibility index (Phi) is 5.61. The minimum Gasteiger partial charge on any atom is -0.370 e. The van der Waals surface area contributed by atoms with Crippen LogP contribution in [-0.2, 0) is 11.2 Å². The standard InChI is InChI=1S/C18H22ClN3O/c1-18(2,3)17(23)22-15-8-9-16(21-12-15)20-11-10-13-4-6-14(19)7-5-13/h4-9,12H,10-11H2,1-3H3,(H,20,21)(H,22,23). The number of carbonyl (C=O) groups excluding carboxylic acids is 1. The first-order chi connectivity index (χ1) is 10.8. The number of anilines is 2. The molecule has 1 amide bonds. The lowest BCUT2D eigenvalue weighted by atomic mass is 9.96. The molecule has 0 radical (unpaired) electrons. The molecule has 0 atom stereocenters. The first-order valence-corrected chi connectivity index (χ1v) is 7.98. The van der Waals surface area contributed by atoms with Crippen molar-refractivity contribution < 1.29 is 4.79 Å². The van der Waals surface area contributed by atoms with E-state index in [-0.39, 0.29) is 5.91 Å². The monoisotopic (exact) mass is 331 g/mol. The van der Waals surface area contributed by atoms with E-state index < -0.39 is 5.41 Å². The minimum absolute atomic E-state index is 0.0252. The van der Waals surface area contributed by atoms with Crippen LogP contribution in [0.2, 0.25) is 5.02 Å².